The van der Waals surface area contributed by atoms with E-state index in [2.05, 4.69) is 5.32 Å². The molecule has 1 heterocycles. The fourth-order valence-corrected chi connectivity index (χ4v) is 2.61. The van der Waals surface area contributed by atoms with Crippen molar-refractivity contribution < 1.29 is 23.5 Å². The number of nitrogens with one attached hydrogen (secondary N) is 1. The number of rotatable bonds is 5. The molecule has 0 saturated heterocycles. The predicted molar refractivity (Wildman–Crippen MR) is 94.4 cm³/mol. The lowest BCUT2D eigenvalue weighted by atomic mass is 10.1. The van der Waals surface area contributed by atoms with E-state index in [0.29, 0.717) is 39.1 Å². The van der Waals surface area contributed by atoms with Crippen molar-refractivity contribution in [1.82, 2.24) is 0 Å². The lowest BCUT2D eigenvalue weighted by Gasteiger charge is -2.14. The highest BCUT2D eigenvalue weighted by Gasteiger charge is 2.24. The average Bonchev–Trinajstić information content (AvgIpc) is 2.80. The van der Waals surface area contributed by atoms with Gasteiger partial charge in [-0.15, -0.1) is 0 Å². The number of aryl methyl sites for hydroxylation is 2. The molecule has 6 nitrogen and oxygen atoms in total. The molecule has 7 heteroatoms. The summed E-state index contributed by atoms with van der Waals surface area (Å²) < 4.78 is 15.7. The maximum Gasteiger partial charge on any atom is 0.342 e. The number of esters is 1. The summed E-state index contributed by atoms with van der Waals surface area (Å²) in [6.45, 7) is 6.71. The first kappa shape index (κ1) is 18.9. The first-order valence-corrected chi connectivity index (χ1v) is 8.04. The largest absolute Gasteiger partial charge is 0.495 e. The first-order valence-electron chi connectivity index (χ1n) is 7.66. The maximum absolute atomic E-state index is 12.3. The second-order valence-electron chi connectivity index (χ2n) is 5.60. The normalized spacial score (nSPS) is 11.8. The van der Waals surface area contributed by atoms with Crippen LogP contribution in [0.1, 0.15) is 34.4 Å². The highest BCUT2D eigenvalue weighted by molar-refractivity contribution is 6.32. The van der Waals surface area contributed by atoms with Gasteiger partial charge in [-0.2, -0.15) is 0 Å². The number of furan rings is 1. The molecule has 0 saturated carbocycles. The van der Waals surface area contributed by atoms with Crippen LogP contribution in [-0.4, -0.2) is 25.1 Å². The topological polar surface area (TPSA) is 77.8 Å². The Morgan fingerprint density at radius 1 is 1.20 bits per heavy atom. The van der Waals surface area contributed by atoms with E-state index in [9.17, 15) is 9.59 Å². The minimum atomic E-state index is -0.984. The predicted octanol–water partition coefficient (Wildman–Crippen LogP) is 4.05. The smallest absolute Gasteiger partial charge is 0.342 e. The third kappa shape index (κ3) is 4.14. The molecule has 134 valence electrons. The standard InChI is InChI=1S/C18H20ClNO5/c1-9-10(2)24-11(3)16(9)18(22)25-12(4)17(21)20-13-6-7-15(23-5)14(19)8-13/h6-8,12H,1-5H3,(H,20,21)/t12-/m0/s1. The highest BCUT2D eigenvalue weighted by atomic mass is 35.5. The van der Waals surface area contributed by atoms with E-state index in [4.69, 9.17) is 25.5 Å². The van der Waals surface area contributed by atoms with Gasteiger partial charge in [-0.3, -0.25) is 4.79 Å². The molecule has 25 heavy (non-hydrogen) atoms. The van der Waals surface area contributed by atoms with Gasteiger partial charge in [-0.25, -0.2) is 4.79 Å². The summed E-state index contributed by atoms with van der Waals surface area (Å²) in [6.07, 6.45) is -0.984. The zero-order valence-corrected chi connectivity index (χ0v) is 15.5. The number of methoxy groups -OCH3 is 1. The summed E-state index contributed by atoms with van der Waals surface area (Å²) in [6, 6.07) is 4.83. The van der Waals surface area contributed by atoms with E-state index in [1.807, 2.05) is 0 Å². The van der Waals surface area contributed by atoms with Crippen LogP contribution in [0.3, 0.4) is 0 Å². The van der Waals surface area contributed by atoms with Gasteiger partial charge in [-0.1, -0.05) is 11.6 Å². The molecule has 0 bridgehead atoms. The molecule has 1 amide bonds. The summed E-state index contributed by atoms with van der Waals surface area (Å²) in [4.78, 5) is 24.5. The molecule has 0 aliphatic heterocycles. The molecule has 0 fully saturated rings. The molecule has 1 atom stereocenters. The number of benzene rings is 1. The summed E-state index contributed by atoms with van der Waals surface area (Å²) in [5.41, 5.74) is 1.53. The summed E-state index contributed by atoms with van der Waals surface area (Å²) >= 11 is 6.02. The Bertz CT molecular complexity index is 812. The summed E-state index contributed by atoms with van der Waals surface area (Å²) in [5.74, 6) is 0.553. The van der Waals surface area contributed by atoms with E-state index in [1.54, 1.807) is 39.0 Å². The van der Waals surface area contributed by atoms with Crippen molar-refractivity contribution in [2.24, 2.45) is 0 Å². The van der Waals surface area contributed by atoms with Gasteiger partial charge >= 0.3 is 5.97 Å². The fourth-order valence-electron chi connectivity index (χ4n) is 2.36. The van der Waals surface area contributed by atoms with Crippen LogP contribution in [0, 0.1) is 20.8 Å². The van der Waals surface area contributed by atoms with Crippen LogP contribution in [0.2, 0.25) is 5.02 Å². The van der Waals surface area contributed by atoms with Crippen molar-refractivity contribution in [1.29, 1.82) is 0 Å². The number of hydrogen-bond donors (Lipinski definition) is 1. The van der Waals surface area contributed by atoms with Crippen molar-refractivity contribution in [3.8, 4) is 5.75 Å². The third-order valence-electron chi connectivity index (χ3n) is 3.84. The second-order valence-corrected chi connectivity index (χ2v) is 6.01. The Hall–Kier alpha value is -2.47. The van der Waals surface area contributed by atoms with Gasteiger partial charge in [0.05, 0.1) is 12.1 Å². The Balaban J connectivity index is 2.05. The fraction of sp³-hybridized carbons (Fsp3) is 0.333. The number of ether oxygens (including phenoxy) is 2. The third-order valence-corrected chi connectivity index (χ3v) is 4.13. The molecule has 0 unspecified atom stereocenters. The lowest BCUT2D eigenvalue weighted by molar-refractivity contribution is -0.123. The molecule has 2 aromatic rings. The van der Waals surface area contributed by atoms with Gasteiger partial charge in [0.1, 0.15) is 22.8 Å². The van der Waals surface area contributed by atoms with Gasteiger partial charge in [-0.05, 0) is 45.9 Å². The molecule has 1 aromatic carbocycles. The lowest BCUT2D eigenvalue weighted by Crippen LogP contribution is -2.30. The van der Waals surface area contributed by atoms with Crippen LogP contribution < -0.4 is 10.1 Å². The first-order chi connectivity index (χ1) is 11.7. The molecule has 0 spiro atoms. The molecule has 2 rings (SSSR count). The van der Waals surface area contributed by atoms with Crippen LogP contribution >= 0.6 is 11.6 Å². The highest BCUT2D eigenvalue weighted by Crippen LogP contribution is 2.27. The van der Waals surface area contributed by atoms with Crippen LogP contribution in [-0.2, 0) is 9.53 Å². The number of carbonyl (C=O) groups is 2. The number of hydrogen-bond acceptors (Lipinski definition) is 5. The average molecular weight is 366 g/mol. The number of amides is 1. The number of carbonyl (C=O) groups excluding carboxylic acids is 2. The zero-order chi connectivity index (χ0) is 18.7. The van der Waals surface area contributed by atoms with Gasteiger partial charge < -0.3 is 19.2 Å². The minimum Gasteiger partial charge on any atom is -0.495 e. The molecule has 0 aliphatic carbocycles. The van der Waals surface area contributed by atoms with E-state index in [1.165, 1.54) is 14.0 Å². The number of anilines is 1. The Morgan fingerprint density at radius 2 is 1.88 bits per heavy atom. The summed E-state index contributed by atoms with van der Waals surface area (Å²) in [7, 11) is 1.50. The van der Waals surface area contributed by atoms with Gasteiger partial charge in [0.15, 0.2) is 6.10 Å². The molecule has 0 radical (unpaired) electrons. The van der Waals surface area contributed by atoms with Crippen molar-refractivity contribution in [2.45, 2.75) is 33.8 Å². The minimum absolute atomic E-state index is 0.352. The van der Waals surface area contributed by atoms with Crippen molar-refractivity contribution >= 4 is 29.2 Å². The molecule has 0 aliphatic rings. The Kier molecular flexibility index (Phi) is 5.74. The van der Waals surface area contributed by atoms with Crippen molar-refractivity contribution in [3.63, 3.8) is 0 Å². The van der Waals surface area contributed by atoms with Crippen LogP contribution in [0.4, 0.5) is 5.69 Å². The van der Waals surface area contributed by atoms with Crippen LogP contribution in [0.15, 0.2) is 22.6 Å². The van der Waals surface area contributed by atoms with E-state index < -0.39 is 18.0 Å². The van der Waals surface area contributed by atoms with Crippen LogP contribution in [0.5, 0.6) is 5.75 Å². The van der Waals surface area contributed by atoms with Crippen molar-refractivity contribution in [2.75, 3.05) is 12.4 Å². The van der Waals surface area contributed by atoms with Gasteiger partial charge in [0.25, 0.3) is 5.91 Å². The Morgan fingerprint density at radius 3 is 2.40 bits per heavy atom. The quantitative estimate of drug-likeness (QED) is 0.809. The molecule has 1 N–H and O–H groups in total. The van der Waals surface area contributed by atoms with E-state index >= 15 is 0 Å². The molecular formula is C18H20ClNO5. The van der Waals surface area contributed by atoms with E-state index in [0.717, 1.165) is 0 Å². The van der Waals surface area contributed by atoms with E-state index in [-0.39, 0.29) is 0 Å². The van der Waals surface area contributed by atoms with Crippen molar-refractivity contribution in [3.05, 3.63) is 45.9 Å². The zero-order valence-electron chi connectivity index (χ0n) is 14.7. The maximum atomic E-state index is 12.3. The SMILES string of the molecule is COc1ccc(NC(=O)[C@H](C)OC(=O)c2c(C)oc(C)c2C)cc1Cl. The summed E-state index contributed by atoms with van der Waals surface area (Å²) in [5, 5.41) is 3.01. The number of halogens is 1. The van der Waals surface area contributed by atoms with Gasteiger partial charge in [0.2, 0.25) is 0 Å². The molecule has 1 aromatic heterocycles. The second kappa shape index (κ2) is 7.61. The van der Waals surface area contributed by atoms with Gasteiger partial charge in [0, 0.05) is 11.3 Å². The van der Waals surface area contributed by atoms with Crippen LogP contribution in [0.25, 0.3) is 0 Å². The molecular weight excluding hydrogens is 346 g/mol. The Labute approximate surface area is 151 Å². The monoisotopic (exact) mass is 365 g/mol.